The summed E-state index contributed by atoms with van der Waals surface area (Å²) in [6.45, 7) is 1.83. The second-order valence-corrected chi connectivity index (χ2v) is 6.91. The van der Waals surface area contributed by atoms with Gasteiger partial charge in [0.1, 0.15) is 6.33 Å². The third-order valence-corrected chi connectivity index (χ3v) is 4.97. The van der Waals surface area contributed by atoms with E-state index in [2.05, 4.69) is 20.7 Å². The van der Waals surface area contributed by atoms with E-state index < -0.39 is 0 Å². The molecule has 1 saturated heterocycles. The van der Waals surface area contributed by atoms with Gasteiger partial charge in [-0.05, 0) is 41.3 Å². The second kappa shape index (κ2) is 7.79. The number of hydrogen-bond acceptors (Lipinski definition) is 7. The SMILES string of the molecule is O=C(COc1ccc2nncn2n1)N(Cc1ccsc1)CC1CCCO1. The standard InChI is InChI=1S/C17H19N5O3S/c23-17(10-25-16-4-3-15-19-18-12-22(15)20-16)21(8-13-5-7-26-11-13)9-14-2-1-6-24-14/h3-5,7,11-12,14H,1-2,6,8-10H2. The van der Waals surface area contributed by atoms with Crippen molar-refractivity contribution < 1.29 is 14.3 Å². The Kier molecular flexibility index (Phi) is 5.07. The minimum absolute atomic E-state index is 0.0719. The van der Waals surface area contributed by atoms with E-state index >= 15 is 0 Å². The van der Waals surface area contributed by atoms with Gasteiger partial charge < -0.3 is 14.4 Å². The summed E-state index contributed by atoms with van der Waals surface area (Å²) in [4.78, 5) is 14.5. The molecule has 0 spiro atoms. The first kappa shape index (κ1) is 16.9. The summed E-state index contributed by atoms with van der Waals surface area (Å²) in [5, 5.41) is 15.9. The first-order valence-corrected chi connectivity index (χ1v) is 9.42. The summed E-state index contributed by atoms with van der Waals surface area (Å²) in [5.74, 6) is 0.274. The van der Waals surface area contributed by atoms with Gasteiger partial charge in [0.2, 0.25) is 5.88 Å². The first-order valence-electron chi connectivity index (χ1n) is 8.48. The van der Waals surface area contributed by atoms with Gasteiger partial charge in [-0.1, -0.05) is 0 Å². The number of ether oxygens (including phenoxy) is 2. The van der Waals surface area contributed by atoms with Gasteiger partial charge in [-0.3, -0.25) is 4.79 Å². The van der Waals surface area contributed by atoms with Crippen LogP contribution < -0.4 is 4.74 Å². The molecule has 1 atom stereocenters. The normalized spacial score (nSPS) is 16.8. The molecule has 0 N–H and O–H groups in total. The van der Waals surface area contributed by atoms with Gasteiger partial charge in [-0.25, -0.2) is 0 Å². The van der Waals surface area contributed by atoms with E-state index in [0.717, 1.165) is 25.0 Å². The predicted octanol–water partition coefficient (Wildman–Crippen LogP) is 1.77. The topological polar surface area (TPSA) is 81.8 Å². The van der Waals surface area contributed by atoms with Crippen molar-refractivity contribution >= 4 is 22.9 Å². The maximum Gasteiger partial charge on any atom is 0.260 e. The molecule has 1 aliphatic rings. The highest BCUT2D eigenvalue weighted by Crippen LogP contribution is 2.17. The maximum absolute atomic E-state index is 12.7. The smallest absolute Gasteiger partial charge is 0.260 e. The summed E-state index contributed by atoms with van der Waals surface area (Å²) in [6, 6.07) is 5.46. The summed E-state index contributed by atoms with van der Waals surface area (Å²) < 4.78 is 12.8. The lowest BCUT2D eigenvalue weighted by Gasteiger charge is -2.25. The fourth-order valence-electron chi connectivity index (χ4n) is 2.91. The van der Waals surface area contributed by atoms with Gasteiger partial charge in [0.25, 0.3) is 5.91 Å². The van der Waals surface area contributed by atoms with E-state index in [1.54, 1.807) is 28.4 Å². The predicted molar refractivity (Wildman–Crippen MR) is 95.0 cm³/mol. The maximum atomic E-state index is 12.7. The van der Waals surface area contributed by atoms with Crippen molar-refractivity contribution in [2.75, 3.05) is 19.8 Å². The van der Waals surface area contributed by atoms with E-state index in [1.165, 1.54) is 10.8 Å². The van der Waals surface area contributed by atoms with Gasteiger partial charge in [0.15, 0.2) is 12.3 Å². The van der Waals surface area contributed by atoms with Crippen molar-refractivity contribution in [1.29, 1.82) is 0 Å². The molecule has 0 aliphatic carbocycles. The Balaban J connectivity index is 1.40. The highest BCUT2D eigenvalue weighted by Gasteiger charge is 2.23. The monoisotopic (exact) mass is 373 g/mol. The molecule has 1 aliphatic heterocycles. The number of aromatic nitrogens is 4. The average Bonchev–Trinajstić information content (AvgIpc) is 3.40. The number of carbonyl (C=O) groups is 1. The molecule has 4 heterocycles. The van der Waals surface area contributed by atoms with Crippen molar-refractivity contribution in [1.82, 2.24) is 24.7 Å². The first-order chi connectivity index (χ1) is 12.8. The van der Waals surface area contributed by atoms with Crippen LogP contribution in [0.5, 0.6) is 5.88 Å². The number of fused-ring (bicyclic) bond motifs is 1. The Morgan fingerprint density at radius 2 is 2.38 bits per heavy atom. The molecule has 8 nitrogen and oxygen atoms in total. The molecule has 3 aromatic rings. The highest BCUT2D eigenvalue weighted by atomic mass is 32.1. The molecule has 26 heavy (non-hydrogen) atoms. The summed E-state index contributed by atoms with van der Waals surface area (Å²) in [6.07, 6.45) is 3.62. The zero-order chi connectivity index (χ0) is 17.8. The highest BCUT2D eigenvalue weighted by molar-refractivity contribution is 7.07. The lowest BCUT2D eigenvalue weighted by atomic mass is 10.2. The quantitative estimate of drug-likeness (QED) is 0.628. The van der Waals surface area contributed by atoms with Gasteiger partial charge in [-0.15, -0.1) is 15.3 Å². The van der Waals surface area contributed by atoms with Gasteiger partial charge in [0, 0.05) is 25.8 Å². The molecule has 136 valence electrons. The van der Waals surface area contributed by atoms with Crippen molar-refractivity contribution in [3.05, 3.63) is 40.8 Å². The van der Waals surface area contributed by atoms with Crippen LogP contribution >= 0.6 is 11.3 Å². The zero-order valence-corrected chi connectivity index (χ0v) is 15.0. The fourth-order valence-corrected chi connectivity index (χ4v) is 3.57. The number of nitrogens with zero attached hydrogens (tertiary/aromatic N) is 5. The Hall–Kier alpha value is -2.52. The third kappa shape index (κ3) is 4.00. The van der Waals surface area contributed by atoms with Crippen LogP contribution in [0, 0.1) is 0 Å². The minimum atomic E-state index is -0.0858. The Labute approximate surface area is 154 Å². The number of hydrogen-bond donors (Lipinski definition) is 0. The molecule has 0 saturated carbocycles. The molecule has 0 bridgehead atoms. The van der Waals surface area contributed by atoms with Gasteiger partial charge >= 0.3 is 0 Å². The molecule has 9 heteroatoms. The Morgan fingerprint density at radius 1 is 1.42 bits per heavy atom. The van der Waals surface area contributed by atoms with Crippen LogP contribution in [-0.4, -0.2) is 56.5 Å². The largest absolute Gasteiger partial charge is 0.467 e. The van der Waals surface area contributed by atoms with E-state index in [4.69, 9.17) is 9.47 Å². The van der Waals surface area contributed by atoms with Crippen molar-refractivity contribution in [3.63, 3.8) is 0 Å². The number of rotatable bonds is 7. The summed E-state index contributed by atoms with van der Waals surface area (Å²) in [7, 11) is 0. The van der Waals surface area contributed by atoms with Gasteiger partial charge in [0.05, 0.1) is 6.10 Å². The van der Waals surface area contributed by atoms with E-state index in [1.807, 2.05) is 11.4 Å². The third-order valence-electron chi connectivity index (χ3n) is 4.23. The van der Waals surface area contributed by atoms with E-state index in [0.29, 0.717) is 24.6 Å². The van der Waals surface area contributed by atoms with Crippen LogP contribution in [0.1, 0.15) is 18.4 Å². The minimum Gasteiger partial charge on any atom is -0.467 e. The van der Waals surface area contributed by atoms with Crippen molar-refractivity contribution in [3.8, 4) is 5.88 Å². The average molecular weight is 373 g/mol. The van der Waals surface area contributed by atoms with Crippen LogP contribution in [0.15, 0.2) is 35.3 Å². The molecule has 0 aromatic carbocycles. The molecule has 1 amide bonds. The van der Waals surface area contributed by atoms with Crippen LogP contribution in [0.2, 0.25) is 0 Å². The van der Waals surface area contributed by atoms with Crippen molar-refractivity contribution in [2.45, 2.75) is 25.5 Å². The van der Waals surface area contributed by atoms with E-state index in [-0.39, 0.29) is 18.6 Å². The molecule has 3 aromatic heterocycles. The summed E-state index contributed by atoms with van der Waals surface area (Å²) >= 11 is 1.62. The van der Waals surface area contributed by atoms with Crippen LogP contribution in [0.25, 0.3) is 5.65 Å². The second-order valence-electron chi connectivity index (χ2n) is 6.13. The molecule has 1 fully saturated rings. The molecular formula is C17H19N5O3S. The molecule has 0 radical (unpaired) electrons. The zero-order valence-electron chi connectivity index (χ0n) is 14.2. The number of carbonyl (C=O) groups excluding carboxylic acids is 1. The van der Waals surface area contributed by atoms with Crippen LogP contribution in [0.4, 0.5) is 0 Å². The van der Waals surface area contributed by atoms with Crippen LogP contribution in [0.3, 0.4) is 0 Å². The number of amides is 1. The number of thiophene rings is 1. The van der Waals surface area contributed by atoms with Crippen molar-refractivity contribution in [2.24, 2.45) is 0 Å². The lowest BCUT2D eigenvalue weighted by molar-refractivity contribution is -0.135. The summed E-state index contributed by atoms with van der Waals surface area (Å²) in [5.41, 5.74) is 1.74. The Bertz CT molecular complexity index is 860. The Morgan fingerprint density at radius 3 is 3.19 bits per heavy atom. The fraction of sp³-hybridized carbons (Fsp3) is 0.412. The molecular weight excluding hydrogens is 354 g/mol. The lowest BCUT2D eigenvalue weighted by Crippen LogP contribution is -2.39. The molecule has 1 unspecified atom stereocenters. The van der Waals surface area contributed by atoms with E-state index in [9.17, 15) is 4.79 Å². The van der Waals surface area contributed by atoms with Gasteiger partial charge in [-0.2, -0.15) is 15.9 Å². The molecule has 4 rings (SSSR count). The van der Waals surface area contributed by atoms with Crippen LogP contribution in [-0.2, 0) is 16.1 Å².